The van der Waals surface area contributed by atoms with Crippen LogP contribution in [0.25, 0.3) is 0 Å². The van der Waals surface area contributed by atoms with Crippen LogP contribution < -0.4 is 21.3 Å². The molecule has 0 unspecified atom stereocenters. The molecule has 76 valence electrons. The number of carbonyl (C=O) groups is 2. The van der Waals surface area contributed by atoms with Crippen molar-refractivity contribution in [3.63, 3.8) is 0 Å². The van der Waals surface area contributed by atoms with Crippen LogP contribution in [0.2, 0.25) is 0 Å². The summed E-state index contributed by atoms with van der Waals surface area (Å²) < 4.78 is 4.89. The molecule has 0 aliphatic carbocycles. The van der Waals surface area contributed by atoms with Gasteiger partial charge in [0.25, 0.3) is 0 Å². The fraction of sp³-hybridized carbons (Fsp3) is 0.600. The Bertz CT molecular complexity index is 171. The van der Waals surface area contributed by atoms with Gasteiger partial charge in [0.1, 0.15) is 0 Å². The molecule has 4 N–H and O–H groups in total. The Morgan fingerprint density at radius 1 is 1.15 bits per heavy atom. The minimum absolute atomic E-state index is 0.403. The highest BCUT2D eigenvalue weighted by molar-refractivity contribution is 5.98. The molecule has 0 radical (unpaired) electrons. The van der Waals surface area contributed by atoms with E-state index in [4.69, 9.17) is 4.43 Å². The van der Waals surface area contributed by atoms with Gasteiger partial charge >= 0.3 is 12.1 Å². The van der Waals surface area contributed by atoms with Gasteiger partial charge in [-0.3, -0.25) is 10.6 Å². The number of amides is 4. The van der Waals surface area contributed by atoms with Gasteiger partial charge in [-0.1, -0.05) is 0 Å². The van der Waals surface area contributed by atoms with E-state index in [1.165, 1.54) is 14.1 Å². The van der Waals surface area contributed by atoms with Crippen molar-refractivity contribution in [2.24, 2.45) is 0 Å². The largest absolute Gasteiger partial charge is 0.393 e. The summed E-state index contributed by atoms with van der Waals surface area (Å²) in [5, 5.41) is 9.41. The molecule has 0 aromatic rings. The molecule has 0 saturated carbocycles. The quantitative estimate of drug-likeness (QED) is 0.302. The zero-order valence-corrected chi connectivity index (χ0v) is 9.80. The fourth-order valence-electron chi connectivity index (χ4n) is 0.536. The van der Waals surface area contributed by atoms with Crippen LogP contribution >= 0.6 is 0 Å². The maximum absolute atomic E-state index is 10.8. The first-order valence-corrected chi connectivity index (χ1v) is 4.45. The molecule has 0 bridgehead atoms. The van der Waals surface area contributed by atoms with E-state index < -0.39 is 18.4 Å². The third-order valence-corrected chi connectivity index (χ3v) is 1.69. The van der Waals surface area contributed by atoms with E-state index in [0.29, 0.717) is 10.5 Å². The van der Waals surface area contributed by atoms with Gasteiger partial charge in [0.15, 0.2) is 10.5 Å². The SMILES string of the molecule is CNC(=O)NC(NC(=O)NC)O[SiH3]. The number of carbonyl (C=O) groups excluding carboxylic acids is 2. The van der Waals surface area contributed by atoms with Crippen molar-refractivity contribution >= 4 is 22.5 Å². The highest BCUT2D eigenvalue weighted by atomic mass is 28.2. The van der Waals surface area contributed by atoms with E-state index in [2.05, 4.69) is 21.3 Å². The van der Waals surface area contributed by atoms with Gasteiger partial charge in [0.05, 0.1) is 0 Å². The summed E-state index contributed by atoms with van der Waals surface area (Å²) in [4.78, 5) is 21.6. The molecule has 4 amide bonds. The second-order valence-electron chi connectivity index (χ2n) is 2.06. The van der Waals surface area contributed by atoms with Gasteiger partial charge in [-0.2, -0.15) is 0 Å². The van der Waals surface area contributed by atoms with Crippen molar-refractivity contribution in [2.75, 3.05) is 14.1 Å². The van der Waals surface area contributed by atoms with Crippen LogP contribution in [0, 0.1) is 0 Å². The predicted molar refractivity (Wildman–Crippen MR) is 50.0 cm³/mol. The molecule has 0 rings (SSSR count). The van der Waals surface area contributed by atoms with Crippen LogP contribution in [0.4, 0.5) is 9.59 Å². The Labute approximate surface area is 79.1 Å². The first-order valence-electron chi connectivity index (χ1n) is 3.63. The van der Waals surface area contributed by atoms with E-state index >= 15 is 0 Å². The number of hydrogen-bond donors (Lipinski definition) is 4. The Kier molecular flexibility index (Phi) is 5.64. The van der Waals surface area contributed by atoms with Crippen LogP contribution in [0.1, 0.15) is 0 Å². The molecule has 0 atom stereocenters. The molecular weight excluding hydrogens is 192 g/mol. The van der Waals surface area contributed by atoms with Crippen LogP contribution in [-0.4, -0.2) is 43.0 Å². The maximum atomic E-state index is 10.8. The first-order chi connectivity index (χ1) is 6.13. The summed E-state index contributed by atoms with van der Waals surface area (Å²) in [6.45, 7) is 0. The van der Waals surface area contributed by atoms with Gasteiger partial charge in [-0.05, 0) is 0 Å². The van der Waals surface area contributed by atoms with E-state index in [-0.39, 0.29) is 0 Å². The summed E-state index contributed by atoms with van der Waals surface area (Å²) in [6.07, 6.45) is -0.786. The van der Waals surface area contributed by atoms with Crippen molar-refractivity contribution in [3.8, 4) is 0 Å². The highest BCUT2D eigenvalue weighted by Crippen LogP contribution is 1.78. The third-order valence-electron chi connectivity index (χ3n) is 1.21. The summed E-state index contributed by atoms with van der Waals surface area (Å²) in [6, 6.07) is -0.838. The summed E-state index contributed by atoms with van der Waals surface area (Å²) >= 11 is 0. The number of rotatable bonds is 3. The van der Waals surface area contributed by atoms with Crippen molar-refractivity contribution in [3.05, 3.63) is 0 Å². The number of hydrogen-bond acceptors (Lipinski definition) is 3. The molecule has 0 saturated heterocycles. The van der Waals surface area contributed by atoms with Gasteiger partial charge < -0.3 is 15.1 Å². The molecule has 0 aliphatic heterocycles. The van der Waals surface area contributed by atoms with E-state index in [1.807, 2.05) is 0 Å². The van der Waals surface area contributed by atoms with Crippen molar-refractivity contribution in [2.45, 2.75) is 6.35 Å². The molecule has 0 aromatic carbocycles. The summed E-state index contributed by atoms with van der Waals surface area (Å²) in [5.41, 5.74) is 0. The highest BCUT2D eigenvalue weighted by Gasteiger charge is 2.10. The van der Waals surface area contributed by atoms with E-state index in [0.717, 1.165) is 0 Å². The zero-order chi connectivity index (χ0) is 10.3. The second-order valence-corrected chi connectivity index (χ2v) is 2.53. The van der Waals surface area contributed by atoms with Crippen LogP contribution in [0.15, 0.2) is 0 Å². The normalized spacial score (nSPS) is 9.46. The number of nitrogens with one attached hydrogen (secondary N) is 4. The van der Waals surface area contributed by atoms with Gasteiger partial charge in [-0.25, -0.2) is 9.59 Å². The van der Waals surface area contributed by atoms with Gasteiger partial charge in [-0.15, -0.1) is 0 Å². The molecule has 13 heavy (non-hydrogen) atoms. The minimum atomic E-state index is -0.786. The fourth-order valence-corrected chi connectivity index (χ4v) is 0.772. The van der Waals surface area contributed by atoms with E-state index in [9.17, 15) is 9.59 Å². The molecular formula is C5H14N4O3Si. The van der Waals surface area contributed by atoms with Crippen molar-refractivity contribution < 1.29 is 14.0 Å². The third kappa shape index (κ3) is 5.04. The topological polar surface area (TPSA) is 91.5 Å². The molecule has 0 spiro atoms. The molecule has 7 nitrogen and oxygen atoms in total. The predicted octanol–water partition coefficient (Wildman–Crippen LogP) is -2.57. The Morgan fingerprint density at radius 2 is 1.54 bits per heavy atom. The van der Waals surface area contributed by atoms with Crippen LogP contribution in [0.3, 0.4) is 0 Å². The van der Waals surface area contributed by atoms with E-state index in [1.54, 1.807) is 0 Å². The van der Waals surface area contributed by atoms with Crippen LogP contribution in [0.5, 0.6) is 0 Å². The summed E-state index contributed by atoms with van der Waals surface area (Å²) in [7, 11) is 3.35. The monoisotopic (exact) mass is 206 g/mol. The first kappa shape index (κ1) is 11.7. The average molecular weight is 206 g/mol. The molecule has 0 aliphatic rings. The molecule has 0 aromatic heterocycles. The Balaban J connectivity index is 3.89. The second kappa shape index (κ2) is 6.26. The summed E-state index contributed by atoms with van der Waals surface area (Å²) in [5.74, 6) is 0. The van der Waals surface area contributed by atoms with Crippen molar-refractivity contribution in [1.82, 2.24) is 21.3 Å². The lowest BCUT2D eigenvalue weighted by atomic mass is 10.8. The molecule has 0 heterocycles. The zero-order valence-electron chi connectivity index (χ0n) is 7.80. The Morgan fingerprint density at radius 3 is 1.77 bits per heavy atom. The average Bonchev–Trinajstić information content (AvgIpc) is 2.16. The standard InChI is InChI=1S/C5H14N4O3Si/c1-6-3(10)8-5(12-13)9-4(11)7-2/h5H,1-2,13H3,(H2,6,8,10)(H2,7,9,11). The molecule has 8 heteroatoms. The molecule has 0 fully saturated rings. The maximum Gasteiger partial charge on any atom is 0.317 e. The lowest BCUT2D eigenvalue weighted by molar-refractivity contribution is 0.147. The lowest BCUT2D eigenvalue weighted by Crippen LogP contribution is -2.53. The Hall–Kier alpha value is -1.28. The lowest BCUT2D eigenvalue weighted by Gasteiger charge is -2.18. The van der Waals surface area contributed by atoms with Gasteiger partial charge in [0, 0.05) is 14.1 Å². The number of urea groups is 2. The van der Waals surface area contributed by atoms with Gasteiger partial charge in [0.2, 0.25) is 6.35 Å². The minimum Gasteiger partial charge on any atom is -0.393 e. The smallest absolute Gasteiger partial charge is 0.317 e. The van der Waals surface area contributed by atoms with Crippen molar-refractivity contribution in [1.29, 1.82) is 0 Å². The van der Waals surface area contributed by atoms with Crippen LogP contribution in [-0.2, 0) is 4.43 Å².